The van der Waals surface area contributed by atoms with Crippen molar-refractivity contribution in [1.82, 2.24) is 9.80 Å². The molecule has 44 heavy (non-hydrogen) atoms. The Morgan fingerprint density at radius 3 is 1.45 bits per heavy atom. The molecule has 0 radical (unpaired) electrons. The Morgan fingerprint density at radius 1 is 0.682 bits per heavy atom. The molecule has 0 spiro atoms. The number of carbonyl (C=O) groups excluding carboxylic acids is 2. The predicted octanol–water partition coefficient (Wildman–Crippen LogP) is 6.20. The SMILES string of the molecule is F[B-](F)(F)F.O=C(OCc1ccccc1)[C@@H]1CCCN1Cc1[c-]c(CN2CCC[C@H]2C(=O)OCc2ccccc2)ccc1.[Pd+2]. The maximum atomic E-state index is 12.8. The number of likely N-dealkylation sites (tertiary alicyclic amines) is 2. The minimum atomic E-state index is -6.00. The largest absolute Gasteiger partial charge is 2.00 e. The average Bonchev–Trinajstić information content (AvgIpc) is 3.65. The van der Waals surface area contributed by atoms with Gasteiger partial charge in [0.05, 0.1) is 0 Å². The first-order chi connectivity index (χ1) is 20.7. The number of ether oxygens (including phenoxy) is 2. The van der Waals surface area contributed by atoms with E-state index in [0.717, 1.165) is 61.0 Å². The minimum Gasteiger partial charge on any atom is -0.460 e. The zero-order chi connectivity index (χ0) is 30.7. The summed E-state index contributed by atoms with van der Waals surface area (Å²) in [4.78, 5) is 30.1. The van der Waals surface area contributed by atoms with E-state index in [9.17, 15) is 26.9 Å². The van der Waals surface area contributed by atoms with Crippen LogP contribution in [0.5, 0.6) is 0 Å². The third-order valence-electron chi connectivity index (χ3n) is 7.38. The van der Waals surface area contributed by atoms with Gasteiger partial charge >= 0.3 is 39.6 Å². The van der Waals surface area contributed by atoms with Gasteiger partial charge in [-0.1, -0.05) is 60.7 Å². The van der Waals surface area contributed by atoms with Crippen LogP contribution in [0.4, 0.5) is 17.3 Å². The second kappa shape index (κ2) is 17.5. The van der Waals surface area contributed by atoms with Gasteiger partial charge in [-0.3, -0.25) is 19.4 Å². The van der Waals surface area contributed by atoms with Gasteiger partial charge in [-0.25, -0.2) is 0 Å². The molecule has 2 saturated heterocycles. The monoisotopic (exact) mass is 704 g/mol. The van der Waals surface area contributed by atoms with Gasteiger partial charge in [-0.05, 0) is 49.9 Å². The normalized spacial score (nSPS) is 18.5. The van der Waals surface area contributed by atoms with Gasteiger partial charge in [-0.2, -0.15) is 24.3 Å². The van der Waals surface area contributed by atoms with Crippen molar-refractivity contribution >= 4 is 19.2 Å². The van der Waals surface area contributed by atoms with Crippen LogP contribution >= 0.6 is 0 Å². The molecule has 2 fully saturated rings. The van der Waals surface area contributed by atoms with Crippen molar-refractivity contribution in [3.8, 4) is 0 Å². The Balaban J connectivity index is 0.000000817. The second-order valence-electron chi connectivity index (χ2n) is 10.6. The zero-order valence-electron chi connectivity index (χ0n) is 24.2. The van der Waals surface area contributed by atoms with Crippen molar-refractivity contribution in [2.75, 3.05) is 13.1 Å². The first kappa shape index (κ1) is 35.4. The number of hydrogen-bond acceptors (Lipinski definition) is 6. The third-order valence-corrected chi connectivity index (χ3v) is 7.38. The molecular weight excluding hydrogens is 670 g/mol. The molecule has 0 aliphatic carbocycles. The molecule has 5 rings (SSSR count). The smallest absolute Gasteiger partial charge is 0.460 e. The first-order valence-corrected chi connectivity index (χ1v) is 14.4. The van der Waals surface area contributed by atoms with Crippen molar-refractivity contribution in [3.05, 3.63) is 107 Å². The molecule has 6 nitrogen and oxygen atoms in total. The molecule has 12 heteroatoms. The van der Waals surface area contributed by atoms with Crippen LogP contribution in [0.15, 0.2) is 78.9 Å². The van der Waals surface area contributed by atoms with Gasteiger partial charge in [0.1, 0.15) is 25.3 Å². The van der Waals surface area contributed by atoms with Crippen LogP contribution in [0.1, 0.15) is 47.9 Å². The van der Waals surface area contributed by atoms with Crippen LogP contribution in [0.2, 0.25) is 0 Å². The molecule has 0 aromatic heterocycles. The summed E-state index contributed by atoms with van der Waals surface area (Å²) in [6, 6.07) is 28.8. The van der Waals surface area contributed by atoms with Crippen molar-refractivity contribution in [1.29, 1.82) is 0 Å². The van der Waals surface area contributed by atoms with E-state index in [2.05, 4.69) is 28.0 Å². The average molecular weight is 705 g/mol. The molecule has 3 aromatic rings. The number of halogens is 4. The minimum absolute atomic E-state index is 0. The molecule has 3 aromatic carbocycles. The zero-order valence-corrected chi connectivity index (χ0v) is 25.7. The molecule has 0 unspecified atom stereocenters. The molecule has 0 amide bonds. The Hall–Kier alpha value is -3.03. The summed E-state index contributed by atoms with van der Waals surface area (Å²) >= 11 is 0. The van der Waals surface area contributed by atoms with Crippen molar-refractivity contribution in [2.24, 2.45) is 0 Å². The fourth-order valence-corrected chi connectivity index (χ4v) is 5.41. The summed E-state index contributed by atoms with van der Waals surface area (Å²) in [5, 5.41) is 0. The van der Waals surface area contributed by atoms with Gasteiger partial charge in [0, 0.05) is 13.1 Å². The van der Waals surface area contributed by atoms with E-state index in [-0.39, 0.29) is 44.4 Å². The van der Waals surface area contributed by atoms with Gasteiger partial charge in [0.25, 0.3) is 0 Å². The number of esters is 2. The molecule has 238 valence electrons. The molecule has 2 atom stereocenters. The maximum absolute atomic E-state index is 12.8. The van der Waals surface area contributed by atoms with Gasteiger partial charge in [0.15, 0.2) is 0 Å². The molecular formula is C32H35BF4N2O4Pd. The fraction of sp³-hybridized carbons (Fsp3) is 0.375. The van der Waals surface area contributed by atoms with E-state index in [0.29, 0.717) is 26.3 Å². The molecule has 0 saturated carbocycles. The topological polar surface area (TPSA) is 59.1 Å². The van der Waals surface area contributed by atoms with Crippen molar-refractivity contribution in [3.63, 3.8) is 0 Å². The van der Waals surface area contributed by atoms with E-state index in [1.165, 1.54) is 0 Å². The van der Waals surface area contributed by atoms with Gasteiger partial charge in [0.2, 0.25) is 0 Å². The molecule has 0 N–H and O–H groups in total. The predicted molar refractivity (Wildman–Crippen MR) is 155 cm³/mol. The van der Waals surface area contributed by atoms with E-state index in [1.807, 2.05) is 66.7 Å². The van der Waals surface area contributed by atoms with Crippen LogP contribution in [0.3, 0.4) is 0 Å². The van der Waals surface area contributed by atoms with Crippen LogP contribution in [0, 0.1) is 6.07 Å². The molecule has 2 heterocycles. The summed E-state index contributed by atoms with van der Waals surface area (Å²) in [7, 11) is -6.00. The quantitative estimate of drug-likeness (QED) is 0.109. The standard InChI is InChI=1S/C32H35N2O4.BF4.Pd/c35-31(37-23-25-10-3-1-4-11-25)29-16-8-18-33(29)21-27-14-7-15-28(20-27)22-34-19-9-17-30(34)32(36)38-24-26-12-5-2-6-13-26;2-1(3,4)5;/h1-7,10-15,29-30H,8-9,16-19,21-24H2;;/q2*-1;+2/t29-,30-;;/m0../s1. The van der Waals surface area contributed by atoms with Crippen molar-refractivity contribution in [2.45, 2.75) is 64.1 Å². The van der Waals surface area contributed by atoms with Crippen LogP contribution in [-0.2, 0) is 65.8 Å². The van der Waals surface area contributed by atoms with E-state index >= 15 is 0 Å². The number of nitrogens with zero attached hydrogens (tertiary/aromatic N) is 2. The summed E-state index contributed by atoms with van der Waals surface area (Å²) in [5.41, 5.74) is 4.09. The van der Waals surface area contributed by atoms with Gasteiger partial charge in [-0.15, -0.1) is 11.1 Å². The third kappa shape index (κ3) is 11.8. The summed E-state index contributed by atoms with van der Waals surface area (Å²) in [6.07, 6.45) is 3.58. The molecule has 0 bridgehead atoms. The first-order valence-electron chi connectivity index (χ1n) is 14.4. The molecule has 2 aliphatic heterocycles. The van der Waals surface area contributed by atoms with Crippen LogP contribution in [-0.4, -0.2) is 54.2 Å². The maximum Gasteiger partial charge on any atom is 2.00 e. The van der Waals surface area contributed by atoms with Crippen molar-refractivity contribution < 1.29 is 56.7 Å². The Kier molecular flexibility index (Phi) is 14.1. The van der Waals surface area contributed by atoms with E-state index in [1.54, 1.807) is 0 Å². The van der Waals surface area contributed by atoms with Crippen LogP contribution < -0.4 is 0 Å². The number of rotatable bonds is 10. The van der Waals surface area contributed by atoms with E-state index < -0.39 is 7.25 Å². The Bertz CT molecular complexity index is 1220. The number of hydrogen-bond donors (Lipinski definition) is 0. The van der Waals surface area contributed by atoms with E-state index in [4.69, 9.17) is 9.47 Å². The number of carbonyl (C=O) groups is 2. The second-order valence-corrected chi connectivity index (χ2v) is 10.6. The summed E-state index contributed by atoms with van der Waals surface area (Å²) in [5.74, 6) is -0.312. The van der Waals surface area contributed by atoms with Gasteiger partial charge < -0.3 is 26.7 Å². The number of benzene rings is 3. The summed E-state index contributed by atoms with van der Waals surface area (Å²) in [6.45, 7) is 3.64. The fourth-order valence-electron chi connectivity index (χ4n) is 5.41. The molecule has 2 aliphatic rings. The Morgan fingerprint density at radius 2 is 1.07 bits per heavy atom. The van der Waals surface area contributed by atoms with Crippen LogP contribution in [0.25, 0.3) is 0 Å². The summed E-state index contributed by atoms with van der Waals surface area (Å²) < 4.78 is 50.3. The Labute approximate surface area is 269 Å².